The molecule has 0 aromatic heterocycles. The van der Waals surface area contributed by atoms with Gasteiger partial charge < -0.3 is 5.32 Å². The van der Waals surface area contributed by atoms with E-state index in [2.05, 4.69) is 21.7 Å². The van der Waals surface area contributed by atoms with Crippen LogP contribution in [-0.4, -0.2) is 32.6 Å². The molecule has 0 radical (unpaired) electrons. The van der Waals surface area contributed by atoms with Crippen LogP contribution >= 0.6 is 0 Å². The van der Waals surface area contributed by atoms with E-state index in [0.717, 1.165) is 32.2 Å². The third-order valence-corrected chi connectivity index (χ3v) is 4.51. The summed E-state index contributed by atoms with van der Waals surface area (Å²) in [5.41, 5.74) is -0.438. The molecule has 18 heavy (non-hydrogen) atoms. The van der Waals surface area contributed by atoms with E-state index in [1.165, 1.54) is 0 Å². The van der Waals surface area contributed by atoms with Crippen LogP contribution in [-0.2, 0) is 10.2 Å². The van der Waals surface area contributed by atoms with Crippen molar-refractivity contribution in [1.82, 2.24) is 14.8 Å². The predicted octanol–water partition coefficient (Wildman–Crippen LogP) is 1.13. The number of hydrogen-bond acceptors (Lipinski definition) is 3. The zero-order valence-electron chi connectivity index (χ0n) is 11.9. The van der Waals surface area contributed by atoms with Crippen LogP contribution in [0.1, 0.15) is 53.4 Å². The van der Waals surface area contributed by atoms with Gasteiger partial charge in [0.05, 0.1) is 0 Å². The maximum absolute atomic E-state index is 11.9. The molecule has 3 N–H and O–H groups in total. The molecule has 0 bridgehead atoms. The molecule has 0 saturated heterocycles. The second-order valence-corrected chi connectivity index (χ2v) is 7.53. The highest BCUT2D eigenvalue weighted by Gasteiger charge is 2.26. The first-order valence-electron chi connectivity index (χ1n) is 6.76. The third-order valence-electron chi connectivity index (χ3n) is 2.98. The molecule has 0 aliphatic heterocycles. The van der Waals surface area contributed by atoms with Gasteiger partial charge in [-0.15, -0.1) is 0 Å². The molecular weight excluding hydrogens is 250 g/mol. The minimum absolute atomic E-state index is 0.0692. The highest BCUT2D eigenvalue weighted by molar-refractivity contribution is 7.87. The summed E-state index contributed by atoms with van der Waals surface area (Å²) in [6.45, 7) is 8.60. The van der Waals surface area contributed by atoms with Gasteiger partial charge in [0, 0.05) is 17.6 Å². The van der Waals surface area contributed by atoms with Crippen molar-refractivity contribution in [3.8, 4) is 0 Å². The number of rotatable bonds is 5. The van der Waals surface area contributed by atoms with E-state index in [1.54, 1.807) is 0 Å². The van der Waals surface area contributed by atoms with Gasteiger partial charge in [0.2, 0.25) is 0 Å². The first-order chi connectivity index (χ1) is 8.22. The molecule has 1 saturated carbocycles. The summed E-state index contributed by atoms with van der Waals surface area (Å²) in [4.78, 5) is 0. The van der Waals surface area contributed by atoms with Crippen molar-refractivity contribution in [3.63, 3.8) is 0 Å². The van der Waals surface area contributed by atoms with Crippen molar-refractivity contribution in [2.45, 2.75) is 71.0 Å². The topological polar surface area (TPSA) is 70.2 Å². The van der Waals surface area contributed by atoms with Gasteiger partial charge in [0.1, 0.15) is 0 Å². The molecule has 1 fully saturated rings. The Hall–Kier alpha value is -0.170. The molecule has 0 spiro atoms. The fourth-order valence-corrected chi connectivity index (χ4v) is 3.90. The zero-order chi connectivity index (χ0) is 13.8. The number of nitrogens with one attached hydrogen (secondary N) is 3. The van der Waals surface area contributed by atoms with Crippen LogP contribution in [0.5, 0.6) is 0 Å². The van der Waals surface area contributed by atoms with E-state index < -0.39 is 15.7 Å². The van der Waals surface area contributed by atoms with Crippen molar-refractivity contribution in [2.24, 2.45) is 0 Å². The van der Waals surface area contributed by atoms with Crippen LogP contribution in [0, 0.1) is 0 Å². The largest absolute Gasteiger partial charge is 0.314 e. The lowest BCUT2D eigenvalue weighted by atomic mass is 9.92. The summed E-state index contributed by atoms with van der Waals surface area (Å²) in [5, 5.41) is 3.41. The summed E-state index contributed by atoms with van der Waals surface area (Å²) < 4.78 is 29.1. The molecule has 6 heteroatoms. The molecule has 5 nitrogen and oxygen atoms in total. The van der Waals surface area contributed by atoms with E-state index in [4.69, 9.17) is 0 Å². The molecule has 0 heterocycles. The maximum atomic E-state index is 11.9. The lowest BCUT2D eigenvalue weighted by Gasteiger charge is -2.30. The lowest BCUT2D eigenvalue weighted by molar-refractivity contribution is 0.331. The fraction of sp³-hybridized carbons (Fsp3) is 1.00. The smallest absolute Gasteiger partial charge is 0.277 e. The third kappa shape index (κ3) is 6.13. The van der Waals surface area contributed by atoms with E-state index in [-0.39, 0.29) is 6.04 Å². The second kappa shape index (κ2) is 6.32. The summed E-state index contributed by atoms with van der Waals surface area (Å²) in [7, 11) is -3.39. The molecule has 0 aromatic rings. The Morgan fingerprint density at radius 1 is 1.06 bits per heavy atom. The predicted molar refractivity (Wildman–Crippen MR) is 74.7 cm³/mol. The van der Waals surface area contributed by atoms with Crippen molar-refractivity contribution in [3.05, 3.63) is 0 Å². The summed E-state index contributed by atoms with van der Waals surface area (Å²) in [6.07, 6.45) is 3.89. The first kappa shape index (κ1) is 15.9. The molecule has 1 aliphatic rings. The number of hydrogen-bond donors (Lipinski definition) is 3. The van der Waals surface area contributed by atoms with Gasteiger partial charge in [-0.2, -0.15) is 17.9 Å². The van der Waals surface area contributed by atoms with E-state index >= 15 is 0 Å². The highest BCUT2D eigenvalue weighted by atomic mass is 32.2. The van der Waals surface area contributed by atoms with Gasteiger partial charge in [-0.05, 0) is 53.0 Å². The molecule has 0 unspecified atom stereocenters. The van der Waals surface area contributed by atoms with Gasteiger partial charge in [0.25, 0.3) is 10.2 Å². The average molecular weight is 277 g/mol. The Morgan fingerprint density at radius 2 is 1.56 bits per heavy atom. The van der Waals surface area contributed by atoms with Crippen LogP contribution < -0.4 is 14.8 Å². The van der Waals surface area contributed by atoms with Crippen molar-refractivity contribution in [2.75, 3.05) is 6.54 Å². The van der Waals surface area contributed by atoms with Gasteiger partial charge in [-0.1, -0.05) is 6.92 Å². The highest BCUT2D eigenvalue weighted by Crippen LogP contribution is 2.19. The van der Waals surface area contributed by atoms with Gasteiger partial charge in [-0.3, -0.25) is 0 Å². The van der Waals surface area contributed by atoms with E-state index in [9.17, 15) is 8.42 Å². The van der Waals surface area contributed by atoms with Crippen molar-refractivity contribution >= 4 is 10.2 Å². The van der Waals surface area contributed by atoms with Crippen molar-refractivity contribution in [1.29, 1.82) is 0 Å². The molecular formula is C12H27N3O2S. The Bertz CT molecular complexity index is 341. The van der Waals surface area contributed by atoms with Crippen LogP contribution in [0.25, 0.3) is 0 Å². The molecule has 0 amide bonds. The Kier molecular flexibility index (Phi) is 5.58. The monoisotopic (exact) mass is 277 g/mol. The van der Waals surface area contributed by atoms with E-state index in [0.29, 0.717) is 6.04 Å². The van der Waals surface area contributed by atoms with Crippen LogP contribution in [0.15, 0.2) is 0 Å². The normalized spacial score (nSPS) is 26.2. The van der Waals surface area contributed by atoms with Crippen molar-refractivity contribution < 1.29 is 8.42 Å². The zero-order valence-corrected chi connectivity index (χ0v) is 12.7. The SMILES string of the molecule is CCNC1CCC(NS(=O)(=O)NC(C)(C)C)CC1. The minimum Gasteiger partial charge on any atom is -0.314 e. The lowest BCUT2D eigenvalue weighted by Crippen LogP contribution is -2.51. The first-order valence-corrected chi connectivity index (χ1v) is 8.25. The van der Waals surface area contributed by atoms with Gasteiger partial charge in [-0.25, -0.2) is 0 Å². The molecule has 1 rings (SSSR count). The van der Waals surface area contributed by atoms with Crippen LogP contribution in [0.4, 0.5) is 0 Å². The second-order valence-electron chi connectivity index (χ2n) is 6.08. The molecule has 0 aromatic carbocycles. The fourth-order valence-electron chi connectivity index (χ4n) is 2.36. The summed E-state index contributed by atoms with van der Waals surface area (Å²) >= 11 is 0. The van der Waals surface area contributed by atoms with Gasteiger partial charge in [0.15, 0.2) is 0 Å². The standard InChI is InChI=1S/C12H27N3O2S/c1-5-13-10-6-8-11(9-7-10)14-18(16,17)15-12(2,3)4/h10-11,13-15H,5-9H2,1-4H3. The summed E-state index contributed by atoms with van der Waals surface area (Å²) in [5.74, 6) is 0. The quantitative estimate of drug-likeness (QED) is 0.705. The molecule has 1 aliphatic carbocycles. The molecule has 0 atom stereocenters. The van der Waals surface area contributed by atoms with Gasteiger partial charge >= 0.3 is 0 Å². The Balaban J connectivity index is 2.41. The minimum atomic E-state index is -3.39. The van der Waals surface area contributed by atoms with E-state index in [1.807, 2.05) is 20.8 Å². The maximum Gasteiger partial charge on any atom is 0.277 e. The Morgan fingerprint density at radius 3 is 2.00 bits per heavy atom. The average Bonchev–Trinajstić information content (AvgIpc) is 2.17. The molecule has 108 valence electrons. The van der Waals surface area contributed by atoms with Crippen LogP contribution in [0.3, 0.4) is 0 Å². The van der Waals surface area contributed by atoms with Crippen LogP contribution in [0.2, 0.25) is 0 Å². The Labute approximate surface area is 111 Å². The summed E-state index contributed by atoms with van der Waals surface area (Å²) in [6, 6.07) is 0.617.